The van der Waals surface area contributed by atoms with Crippen molar-refractivity contribution in [3.8, 4) is 0 Å². The third kappa shape index (κ3) is 5.62. The number of hydrogen-bond acceptors (Lipinski definition) is 4. The molecule has 0 saturated carbocycles. The lowest BCUT2D eigenvalue weighted by Gasteiger charge is -2.07. The molecule has 0 saturated heterocycles. The van der Waals surface area contributed by atoms with Crippen molar-refractivity contribution in [2.24, 2.45) is 0 Å². The van der Waals surface area contributed by atoms with Crippen LogP contribution in [0.3, 0.4) is 0 Å². The highest BCUT2D eigenvalue weighted by atomic mass is 32.2. The van der Waals surface area contributed by atoms with Crippen molar-refractivity contribution in [1.82, 2.24) is 0 Å². The highest BCUT2D eigenvalue weighted by molar-refractivity contribution is 8.00. The lowest BCUT2D eigenvalue weighted by atomic mass is 10.3. The number of esters is 1. The number of amides is 1. The summed E-state index contributed by atoms with van der Waals surface area (Å²) < 4.78 is 43.8. The maximum Gasteiger partial charge on any atom is 0.316 e. The molecule has 0 atom stereocenters. The van der Waals surface area contributed by atoms with Crippen LogP contribution in [0.25, 0.3) is 0 Å². The quantitative estimate of drug-likeness (QED) is 0.638. The van der Waals surface area contributed by atoms with Crippen molar-refractivity contribution >= 4 is 29.3 Å². The smallest absolute Gasteiger partial charge is 0.316 e. The summed E-state index contributed by atoms with van der Waals surface area (Å²) in [6.07, 6.45) is 0. The van der Waals surface area contributed by atoms with E-state index < -0.39 is 35.9 Å². The fraction of sp³-hybridized carbons (Fsp3) is 0.125. The summed E-state index contributed by atoms with van der Waals surface area (Å²) in [5.74, 6) is -3.34. The van der Waals surface area contributed by atoms with Crippen molar-refractivity contribution in [3.05, 3.63) is 59.9 Å². The maximum atomic E-state index is 13.4. The molecule has 0 aliphatic heterocycles. The molecule has 2 aromatic rings. The second-order valence-electron chi connectivity index (χ2n) is 4.58. The first kappa shape index (κ1) is 17.9. The third-order valence-electron chi connectivity index (χ3n) is 2.73. The molecule has 0 aliphatic rings. The van der Waals surface area contributed by atoms with Crippen LogP contribution in [-0.2, 0) is 14.3 Å². The van der Waals surface area contributed by atoms with E-state index in [-0.39, 0.29) is 10.6 Å². The van der Waals surface area contributed by atoms with Gasteiger partial charge in [0, 0.05) is 10.6 Å². The number of thioether (sulfide) groups is 1. The molecule has 1 N–H and O–H groups in total. The fourth-order valence-corrected chi connectivity index (χ4v) is 2.40. The van der Waals surface area contributed by atoms with E-state index in [0.717, 1.165) is 30.0 Å². The van der Waals surface area contributed by atoms with Crippen molar-refractivity contribution in [2.45, 2.75) is 4.90 Å². The Hall–Kier alpha value is -2.48. The minimum absolute atomic E-state index is 0.0253. The van der Waals surface area contributed by atoms with Gasteiger partial charge in [0.25, 0.3) is 5.91 Å². The van der Waals surface area contributed by atoms with E-state index in [0.29, 0.717) is 5.69 Å². The van der Waals surface area contributed by atoms with Crippen LogP contribution in [0, 0.1) is 17.5 Å². The molecular formula is C16H12F3NO3S. The minimum Gasteiger partial charge on any atom is -0.455 e. The van der Waals surface area contributed by atoms with E-state index in [1.165, 1.54) is 24.3 Å². The maximum absolute atomic E-state index is 13.4. The second kappa shape index (κ2) is 8.39. The van der Waals surface area contributed by atoms with Gasteiger partial charge in [0.1, 0.15) is 17.5 Å². The minimum atomic E-state index is -0.752. The largest absolute Gasteiger partial charge is 0.455 e. The molecule has 0 unspecified atom stereocenters. The monoisotopic (exact) mass is 355 g/mol. The van der Waals surface area contributed by atoms with Crippen molar-refractivity contribution < 1.29 is 27.5 Å². The molecule has 126 valence electrons. The number of carbonyl (C=O) groups excluding carboxylic acids is 2. The molecule has 0 heterocycles. The summed E-state index contributed by atoms with van der Waals surface area (Å²) in [7, 11) is 0. The summed E-state index contributed by atoms with van der Waals surface area (Å²) in [5.41, 5.74) is 0.355. The van der Waals surface area contributed by atoms with E-state index in [9.17, 15) is 22.8 Å². The molecule has 2 rings (SSSR count). The Morgan fingerprint density at radius 3 is 2.38 bits per heavy atom. The number of ether oxygens (including phenoxy) is 1. The predicted octanol–water partition coefficient (Wildman–Crippen LogP) is 3.38. The number of benzene rings is 2. The number of anilines is 1. The molecule has 0 aromatic heterocycles. The number of halogens is 3. The average molecular weight is 355 g/mol. The van der Waals surface area contributed by atoms with E-state index >= 15 is 0 Å². The van der Waals surface area contributed by atoms with Gasteiger partial charge in [0.05, 0.1) is 5.75 Å². The van der Waals surface area contributed by atoms with Gasteiger partial charge in [-0.05, 0) is 42.5 Å². The lowest BCUT2D eigenvalue weighted by molar-refractivity contribution is -0.144. The molecule has 8 heteroatoms. The average Bonchev–Trinajstić information content (AvgIpc) is 2.56. The van der Waals surface area contributed by atoms with Crippen LogP contribution in [0.2, 0.25) is 0 Å². The summed E-state index contributed by atoms with van der Waals surface area (Å²) in [5, 5.41) is 2.42. The molecule has 0 fully saturated rings. The topological polar surface area (TPSA) is 55.4 Å². The van der Waals surface area contributed by atoms with Crippen LogP contribution in [0.15, 0.2) is 47.4 Å². The van der Waals surface area contributed by atoms with Crippen LogP contribution < -0.4 is 5.32 Å². The number of hydrogen-bond donors (Lipinski definition) is 1. The van der Waals surface area contributed by atoms with Crippen LogP contribution in [0.1, 0.15) is 0 Å². The third-order valence-corrected chi connectivity index (χ3v) is 3.73. The molecule has 0 radical (unpaired) electrons. The SMILES string of the molecule is O=C(COC(=O)CSc1cc(F)ccc1F)Nc1ccc(F)cc1. The normalized spacial score (nSPS) is 10.3. The number of nitrogens with one attached hydrogen (secondary N) is 1. The van der Waals surface area contributed by atoms with Crippen molar-refractivity contribution in [2.75, 3.05) is 17.7 Å². The van der Waals surface area contributed by atoms with Gasteiger partial charge in [0.15, 0.2) is 6.61 Å². The number of rotatable bonds is 6. The van der Waals surface area contributed by atoms with Gasteiger partial charge in [-0.15, -0.1) is 11.8 Å². The molecule has 0 bridgehead atoms. The first-order chi connectivity index (χ1) is 11.4. The Morgan fingerprint density at radius 2 is 1.67 bits per heavy atom. The Kier molecular flexibility index (Phi) is 6.25. The summed E-state index contributed by atoms with van der Waals surface area (Å²) in [6.45, 7) is -0.539. The first-order valence-corrected chi connectivity index (χ1v) is 7.71. The predicted molar refractivity (Wildman–Crippen MR) is 83.1 cm³/mol. The Balaban J connectivity index is 1.75. The highest BCUT2D eigenvalue weighted by Crippen LogP contribution is 2.22. The molecule has 1 amide bonds. The second-order valence-corrected chi connectivity index (χ2v) is 5.60. The van der Waals surface area contributed by atoms with Gasteiger partial charge >= 0.3 is 5.97 Å². The van der Waals surface area contributed by atoms with Gasteiger partial charge in [-0.2, -0.15) is 0 Å². The van der Waals surface area contributed by atoms with E-state index in [1.807, 2.05) is 0 Å². The lowest BCUT2D eigenvalue weighted by Crippen LogP contribution is -2.21. The molecule has 0 spiro atoms. The van der Waals surface area contributed by atoms with Crippen LogP contribution in [0.4, 0.5) is 18.9 Å². The van der Waals surface area contributed by atoms with Crippen molar-refractivity contribution in [3.63, 3.8) is 0 Å². The number of carbonyl (C=O) groups is 2. The molecule has 4 nitrogen and oxygen atoms in total. The zero-order chi connectivity index (χ0) is 17.5. The first-order valence-electron chi connectivity index (χ1n) is 6.73. The molecule has 24 heavy (non-hydrogen) atoms. The van der Waals surface area contributed by atoms with Gasteiger partial charge in [0.2, 0.25) is 0 Å². The van der Waals surface area contributed by atoms with Gasteiger partial charge in [-0.3, -0.25) is 9.59 Å². The Bertz CT molecular complexity index is 738. The summed E-state index contributed by atoms with van der Waals surface area (Å²) in [6, 6.07) is 7.96. The highest BCUT2D eigenvalue weighted by Gasteiger charge is 2.11. The summed E-state index contributed by atoms with van der Waals surface area (Å²) in [4.78, 5) is 23.1. The van der Waals surface area contributed by atoms with Gasteiger partial charge < -0.3 is 10.1 Å². The van der Waals surface area contributed by atoms with Crippen molar-refractivity contribution in [1.29, 1.82) is 0 Å². The zero-order valence-corrected chi connectivity index (χ0v) is 13.0. The fourth-order valence-electron chi connectivity index (χ4n) is 1.64. The molecule has 2 aromatic carbocycles. The summed E-state index contributed by atoms with van der Waals surface area (Å²) >= 11 is 0.764. The van der Waals surface area contributed by atoms with E-state index in [1.54, 1.807) is 0 Å². The van der Waals surface area contributed by atoms with Crippen LogP contribution in [-0.4, -0.2) is 24.2 Å². The molecular weight excluding hydrogens is 343 g/mol. The molecule has 0 aliphatic carbocycles. The Morgan fingerprint density at radius 1 is 1.00 bits per heavy atom. The van der Waals surface area contributed by atoms with Crippen LogP contribution >= 0.6 is 11.8 Å². The standard InChI is InChI=1S/C16H12F3NO3S/c17-10-1-4-12(5-2-10)20-15(21)8-23-16(22)9-24-14-7-11(18)3-6-13(14)19/h1-7H,8-9H2,(H,20,21). The zero-order valence-electron chi connectivity index (χ0n) is 12.2. The van der Waals surface area contributed by atoms with E-state index in [4.69, 9.17) is 4.74 Å². The van der Waals surface area contributed by atoms with Gasteiger partial charge in [-0.1, -0.05) is 0 Å². The Labute approximate surface area is 140 Å². The van der Waals surface area contributed by atoms with Gasteiger partial charge in [-0.25, -0.2) is 13.2 Å². The van der Waals surface area contributed by atoms with E-state index in [2.05, 4.69) is 5.32 Å². The van der Waals surface area contributed by atoms with Crippen LogP contribution in [0.5, 0.6) is 0 Å².